The Hall–Kier alpha value is -0.610. The summed E-state index contributed by atoms with van der Waals surface area (Å²) in [5.74, 6) is 0.160. The zero-order chi connectivity index (χ0) is 13.4. The number of carbonyl (C=O) groups is 1. The van der Waals surface area contributed by atoms with Crippen molar-refractivity contribution >= 4 is 5.91 Å². The molecule has 0 aromatic heterocycles. The number of nitrogens with zero attached hydrogens (tertiary/aromatic N) is 1. The van der Waals surface area contributed by atoms with Gasteiger partial charge in [0.1, 0.15) is 0 Å². The third kappa shape index (κ3) is 5.83. The summed E-state index contributed by atoms with van der Waals surface area (Å²) in [6.45, 7) is 10.4. The van der Waals surface area contributed by atoms with E-state index in [2.05, 4.69) is 36.3 Å². The van der Waals surface area contributed by atoms with E-state index in [0.717, 1.165) is 13.1 Å². The molecule has 4 nitrogen and oxygen atoms in total. The van der Waals surface area contributed by atoms with Crippen LogP contribution in [0.1, 0.15) is 46.5 Å². The Balaban J connectivity index is 2.16. The van der Waals surface area contributed by atoms with Crippen molar-refractivity contribution in [3.63, 3.8) is 0 Å². The second-order valence-electron chi connectivity index (χ2n) is 5.41. The van der Waals surface area contributed by atoms with E-state index in [1.54, 1.807) is 0 Å². The maximum absolute atomic E-state index is 11.7. The molecule has 0 radical (unpaired) electrons. The summed E-state index contributed by atoms with van der Waals surface area (Å²) >= 11 is 0. The average Bonchev–Trinajstić information content (AvgIpc) is 2.37. The highest BCUT2D eigenvalue weighted by Gasteiger charge is 2.17. The van der Waals surface area contributed by atoms with E-state index in [1.807, 2.05) is 0 Å². The van der Waals surface area contributed by atoms with Gasteiger partial charge in [-0.1, -0.05) is 13.3 Å². The van der Waals surface area contributed by atoms with Gasteiger partial charge < -0.3 is 10.6 Å². The summed E-state index contributed by atoms with van der Waals surface area (Å²) in [6, 6.07) is 0.726. The summed E-state index contributed by atoms with van der Waals surface area (Å²) in [5, 5.41) is 6.30. The van der Waals surface area contributed by atoms with Crippen LogP contribution in [-0.4, -0.2) is 49.1 Å². The molecule has 4 heteroatoms. The van der Waals surface area contributed by atoms with Crippen LogP contribution in [0.3, 0.4) is 0 Å². The van der Waals surface area contributed by atoms with Gasteiger partial charge in [0.25, 0.3) is 0 Å². The minimum Gasteiger partial charge on any atom is -0.354 e. The van der Waals surface area contributed by atoms with Crippen molar-refractivity contribution in [1.29, 1.82) is 0 Å². The second-order valence-corrected chi connectivity index (χ2v) is 5.41. The summed E-state index contributed by atoms with van der Waals surface area (Å²) in [6.07, 6.45) is 4.53. The first-order chi connectivity index (χ1) is 8.63. The number of rotatable bonds is 7. The number of hydrogen-bond donors (Lipinski definition) is 2. The molecule has 1 aliphatic heterocycles. The van der Waals surface area contributed by atoms with Crippen LogP contribution in [-0.2, 0) is 4.79 Å². The van der Waals surface area contributed by atoms with Crippen LogP contribution < -0.4 is 10.6 Å². The van der Waals surface area contributed by atoms with Crippen molar-refractivity contribution in [2.24, 2.45) is 0 Å². The first-order valence-corrected chi connectivity index (χ1v) is 7.37. The first-order valence-electron chi connectivity index (χ1n) is 7.37. The van der Waals surface area contributed by atoms with Crippen molar-refractivity contribution < 1.29 is 4.79 Å². The average molecular weight is 255 g/mol. The molecule has 18 heavy (non-hydrogen) atoms. The summed E-state index contributed by atoms with van der Waals surface area (Å²) < 4.78 is 0. The number of piperidine rings is 1. The van der Waals surface area contributed by atoms with Crippen LogP contribution in [0.25, 0.3) is 0 Å². The fourth-order valence-corrected chi connectivity index (χ4v) is 2.52. The molecule has 2 N–H and O–H groups in total. The highest BCUT2D eigenvalue weighted by atomic mass is 16.1. The first kappa shape index (κ1) is 15.4. The highest BCUT2D eigenvalue weighted by molar-refractivity contribution is 5.76. The maximum Gasteiger partial charge on any atom is 0.221 e. The molecule has 1 fully saturated rings. The van der Waals surface area contributed by atoms with Gasteiger partial charge in [-0.2, -0.15) is 0 Å². The molecule has 0 aliphatic carbocycles. The van der Waals surface area contributed by atoms with E-state index in [1.165, 1.54) is 32.4 Å². The molecule has 1 saturated heterocycles. The lowest BCUT2D eigenvalue weighted by Gasteiger charge is -2.32. The molecule has 1 amide bonds. The van der Waals surface area contributed by atoms with Gasteiger partial charge in [0, 0.05) is 25.0 Å². The van der Waals surface area contributed by atoms with Crippen molar-refractivity contribution in [3.05, 3.63) is 0 Å². The number of nitrogens with one attached hydrogen (secondary N) is 2. The van der Waals surface area contributed by atoms with E-state index in [0.29, 0.717) is 12.5 Å². The van der Waals surface area contributed by atoms with Gasteiger partial charge in [0.05, 0.1) is 0 Å². The van der Waals surface area contributed by atoms with Crippen LogP contribution >= 0.6 is 0 Å². The predicted octanol–water partition coefficient (Wildman–Crippen LogP) is 1.37. The molecule has 0 aromatic rings. The Morgan fingerprint density at radius 3 is 2.50 bits per heavy atom. The topological polar surface area (TPSA) is 44.4 Å². The van der Waals surface area contributed by atoms with Crippen molar-refractivity contribution in [3.8, 4) is 0 Å². The number of amides is 1. The van der Waals surface area contributed by atoms with E-state index < -0.39 is 0 Å². The van der Waals surface area contributed by atoms with Crippen LogP contribution in [0.2, 0.25) is 0 Å². The normalized spacial score (nSPS) is 20.4. The Morgan fingerprint density at radius 2 is 1.89 bits per heavy atom. The van der Waals surface area contributed by atoms with Crippen LogP contribution in [0, 0.1) is 0 Å². The van der Waals surface area contributed by atoms with E-state index in [9.17, 15) is 4.79 Å². The summed E-state index contributed by atoms with van der Waals surface area (Å²) in [7, 11) is 0. The summed E-state index contributed by atoms with van der Waals surface area (Å²) in [5.41, 5.74) is 0. The van der Waals surface area contributed by atoms with Gasteiger partial charge in [0.15, 0.2) is 0 Å². The number of hydrogen-bond acceptors (Lipinski definition) is 3. The maximum atomic E-state index is 11.7. The predicted molar refractivity (Wildman–Crippen MR) is 75.7 cm³/mol. The standard InChI is InChI=1S/C14H29N3O/c1-4-15-12(2)10-14(18)16-11-13(3)17-8-6-5-7-9-17/h12-13,15H,4-11H2,1-3H3,(H,16,18). The SMILES string of the molecule is CCNC(C)CC(=O)NCC(C)N1CCCCC1. The monoisotopic (exact) mass is 255 g/mol. The Bertz CT molecular complexity index is 239. The molecule has 0 bridgehead atoms. The Morgan fingerprint density at radius 1 is 1.22 bits per heavy atom. The van der Waals surface area contributed by atoms with Crippen molar-refractivity contribution in [1.82, 2.24) is 15.5 Å². The number of likely N-dealkylation sites (tertiary alicyclic amines) is 1. The van der Waals surface area contributed by atoms with Gasteiger partial charge in [-0.05, 0) is 46.3 Å². The van der Waals surface area contributed by atoms with Crippen LogP contribution in [0.5, 0.6) is 0 Å². The zero-order valence-corrected chi connectivity index (χ0v) is 12.2. The van der Waals surface area contributed by atoms with Crippen molar-refractivity contribution in [2.75, 3.05) is 26.2 Å². The largest absolute Gasteiger partial charge is 0.354 e. The van der Waals surface area contributed by atoms with Gasteiger partial charge in [-0.25, -0.2) is 0 Å². The molecule has 1 rings (SSSR count). The highest BCUT2D eigenvalue weighted by Crippen LogP contribution is 2.11. The summed E-state index contributed by atoms with van der Waals surface area (Å²) in [4.78, 5) is 14.2. The quantitative estimate of drug-likeness (QED) is 0.722. The Labute approximate surface area is 111 Å². The van der Waals surface area contributed by atoms with E-state index in [4.69, 9.17) is 0 Å². The van der Waals surface area contributed by atoms with Gasteiger partial charge in [-0.3, -0.25) is 9.69 Å². The van der Waals surface area contributed by atoms with E-state index in [-0.39, 0.29) is 11.9 Å². The molecular formula is C14H29N3O. The van der Waals surface area contributed by atoms with Gasteiger partial charge in [0.2, 0.25) is 5.91 Å². The van der Waals surface area contributed by atoms with Crippen molar-refractivity contribution in [2.45, 2.75) is 58.5 Å². The molecule has 0 saturated carbocycles. The number of carbonyl (C=O) groups excluding carboxylic acids is 1. The molecule has 1 heterocycles. The second kappa shape index (κ2) is 8.48. The third-order valence-electron chi connectivity index (χ3n) is 3.65. The lowest BCUT2D eigenvalue weighted by molar-refractivity contribution is -0.121. The molecular weight excluding hydrogens is 226 g/mol. The molecule has 1 aliphatic rings. The van der Waals surface area contributed by atoms with Gasteiger partial charge >= 0.3 is 0 Å². The van der Waals surface area contributed by atoms with Crippen LogP contribution in [0.15, 0.2) is 0 Å². The minimum absolute atomic E-state index is 0.160. The van der Waals surface area contributed by atoms with Gasteiger partial charge in [-0.15, -0.1) is 0 Å². The third-order valence-corrected chi connectivity index (χ3v) is 3.65. The fraction of sp³-hybridized carbons (Fsp3) is 0.929. The molecule has 106 valence electrons. The molecule has 0 spiro atoms. The molecule has 0 aromatic carbocycles. The van der Waals surface area contributed by atoms with Crippen LogP contribution in [0.4, 0.5) is 0 Å². The van der Waals surface area contributed by atoms with E-state index >= 15 is 0 Å². The lowest BCUT2D eigenvalue weighted by atomic mass is 10.1. The fourth-order valence-electron chi connectivity index (χ4n) is 2.52. The smallest absolute Gasteiger partial charge is 0.221 e. The minimum atomic E-state index is 0.160. The Kier molecular flexibility index (Phi) is 7.28. The lowest BCUT2D eigenvalue weighted by Crippen LogP contribution is -2.45. The zero-order valence-electron chi connectivity index (χ0n) is 12.2. The molecule has 2 atom stereocenters. The molecule has 2 unspecified atom stereocenters.